The summed E-state index contributed by atoms with van der Waals surface area (Å²) in [4.78, 5) is 49.5. The average molecular weight is 618 g/mol. The fourth-order valence-corrected chi connectivity index (χ4v) is 4.01. The normalized spacial score (nSPS) is 11.6. The number of rotatable bonds is 14. The van der Waals surface area contributed by atoms with E-state index in [1.54, 1.807) is 45.4 Å². The molecule has 3 aromatic rings. The molecule has 0 spiro atoms. The highest BCUT2D eigenvalue weighted by Gasteiger charge is 2.20. The average Bonchev–Trinajstić information content (AvgIpc) is 3.44. The zero-order valence-corrected chi connectivity index (χ0v) is 26.9. The van der Waals surface area contributed by atoms with Gasteiger partial charge in [0.15, 0.2) is 0 Å². The molecule has 0 saturated carbocycles. The number of benzene rings is 1. The molecule has 0 aliphatic heterocycles. The number of amides is 2. The van der Waals surface area contributed by atoms with Gasteiger partial charge >= 0.3 is 6.09 Å². The van der Waals surface area contributed by atoms with Crippen LogP contribution in [-0.2, 0) is 14.3 Å². The van der Waals surface area contributed by atoms with Crippen LogP contribution in [0.3, 0.4) is 0 Å². The number of carbonyl (C=O) groups is 3. The molecule has 0 unspecified atom stereocenters. The van der Waals surface area contributed by atoms with E-state index >= 15 is 0 Å². The number of ether oxygens (including phenoxy) is 1. The summed E-state index contributed by atoms with van der Waals surface area (Å²) in [5.41, 5.74) is 1.94. The van der Waals surface area contributed by atoms with E-state index < -0.39 is 12.1 Å². The molecular formula is C32H43N9O4. The quantitative estimate of drug-likeness (QED) is 0.139. The van der Waals surface area contributed by atoms with E-state index in [9.17, 15) is 14.4 Å². The molecule has 0 aliphatic carbocycles. The predicted molar refractivity (Wildman–Crippen MR) is 175 cm³/mol. The van der Waals surface area contributed by atoms with Gasteiger partial charge in [-0.15, -0.1) is 0 Å². The minimum absolute atomic E-state index is 0.216. The van der Waals surface area contributed by atoms with Crippen molar-refractivity contribution in [3.63, 3.8) is 0 Å². The molecule has 13 heteroatoms. The molecular weight excluding hydrogens is 574 g/mol. The van der Waals surface area contributed by atoms with Crippen LogP contribution in [0.4, 0.5) is 22.2 Å². The van der Waals surface area contributed by atoms with Crippen LogP contribution in [0.2, 0.25) is 0 Å². The van der Waals surface area contributed by atoms with Crippen LogP contribution in [0.15, 0.2) is 42.7 Å². The standard InChI is InChI=1S/C32H43N9O4/c1-7-17-33-29-25(13-10-9-11-18-34-30(43)23(3)40(6)28(42)14-12-19-39(4)5)21-35-31(38-29)37-26-16-15-24-22-36-41(27(24)20-26)32(44)45-8-2/h12,14-16,20-23H,7-9,11,17-19H2,1-6H3,(H,34,43)(H2,33,35,37,38)/b14-12+/t23-/m0/s1. The number of likely N-dealkylation sites (N-methyl/N-ethyl adjacent to an activating group) is 2. The maximum absolute atomic E-state index is 12.5. The van der Waals surface area contributed by atoms with E-state index in [1.807, 2.05) is 31.1 Å². The van der Waals surface area contributed by atoms with E-state index in [0.29, 0.717) is 61.0 Å². The molecule has 45 heavy (non-hydrogen) atoms. The van der Waals surface area contributed by atoms with Crippen LogP contribution in [0.25, 0.3) is 10.9 Å². The van der Waals surface area contributed by atoms with Gasteiger partial charge < -0.3 is 30.5 Å². The fourth-order valence-electron chi connectivity index (χ4n) is 4.01. The van der Waals surface area contributed by atoms with Gasteiger partial charge in [-0.1, -0.05) is 24.8 Å². The molecule has 13 nitrogen and oxygen atoms in total. The van der Waals surface area contributed by atoms with Crippen molar-refractivity contribution >= 4 is 46.3 Å². The largest absolute Gasteiger partial charge is 0.448 e. The molecule has 0 saturated heterocycles. The third kappa shape index (κ3) is 10.3. The molecule has 0 fully saturated rings. The highest BCUT2D eigenvalue weighted by atomic mass is 16.5. The lowest BCUT2D eigenvalue weighted by Crippen LogP contribution is -2.45. The maximum Gasteiger partial charge on any atom is 0.435 e. The van der Waals surface area contributed by atoms with Gasteiger partial charge in [0, 0.05) is 50.3 Å². The van der Waals surface area contributed by atoms with Crippen LogP contribution < -0.4 is 16.0 Å². The van der Waals surface area contributed by atoms with Gasteiger partial charge in [-0.3, -0.25) is 9.59 Å². The van der Waals surface area contributed by atoms with Crippen molar-refractivity contribution in [3.05, 3.63) is 48.3 Å². The van der Waals surface area contributed by atoms with Gasteiger partial charge in [0.2, 0.25) is 17.8 Å². The van der Waals surface area contributed by atoms with E-state index in [4.69, 9.17) is 4.74 Å². The summed E-state index contributed by atoms with van der Waals surface area (Å²) < 4.78 is 6.30. The van der Waals surface area contributed by atoms with Gasteiger partial charge in [-0.25, -0.2) is 9.78 Å². The highest BCUT2D eigenvalue weighted by Crippen LogP contribution is 2.22. The molecule has 2 heterocycles. The van der Waals surface area contributed by atoms with E-state index in [-0.39, 0.29) is 18.4 Å². The summed E-state index contributed by atoms with van der Waals surface area (Å²) in [7, 11) is 5.45. The lowest BCUT2D eigenvalue weighted by Gasteiger charge is -2.23. The molecule has 1 aromatic carbocycles. The Kier molecular flexibility index (Phi) is 13.3. The molecule has 0 bridgehead atoms. The van der Waals surface area contributed by atoms with Gasteiger partial charge in [-0.2, -0.15) is 14.8 Å². The molecule has 0 aliphatic rings. The van der Waals surface area contributed by atoms with Gasteiger partial charge in [-0.05, 0) is 59.0 Å². The number of nitrogens with zero attached hydrogens (tertiary/aromatic N) is 6. The number of aromatic nitrogens is 4. The highest BCUT2D eigenvalue weighted by molar-refractivity contribution is 5.92. The van der Waals surface area contributed by atoms with Gasteiger partial charge in [0.25, 0.3) is 0 Å². The second kappa shape index (κ2) is 17.4. The zero-order valence-electron chi connectivity index (χ0n) is 26.9. The fraction of sp³-hybridized carbons (Fsp3) is 0.438. The second-order valence-electron chi connectivity index (χ2n) is 10.5. The van der Waals surface area contributed by atoms with Crippen molar-refractivity contribution < 1.29 is 19.1 Å². The van der Waals surface area contributed by atoms with Gasteiger partial charge in [0.1, 0.15) is 11.9 Å². The molecule has 3 N–H and O–H groups in total. The number of hydrogen-bond donors (Lipinski definition) is 3. The van der Waals surface area contributed by atoms with Crippen molar-refractivity contribution in [2.45, 2.75) is 46.1 Å². The SMILES string of the molecule is CCCNc1nc(Nc2ccc3cnn(C(=O)OCC)c3c2)ncc1C#CCCCNC(=O)[C@H](C)N(C)C(=O)/C=C/CN(C)C. The topological polar surface area (TPSA) is 147 Å². The number of unbranched alkanes of at least 4 members (excludes halogenated alkanes) is 1. The van der Waals surface area contributed by atoms with Gasteiger partial charge in [0.05, 0.1) is 30.1 Å². The van der Waals surface area contributed by atoms with Crippen LogP contribution in [-0.4, -0.2) is 101 Å². The first-order chi connectivity index (χ1) is 21.6. The maximum atomic E-state index is 12.5. The third-order valence-electron chi connectivity index (χ3n) is 6.64. The monoisotopic (exact) mass is 617 g/mol. The summed E-state index contributed by atoms with van der Waals surface area (Å²) in [6.07, 6.45) is 8.08. The Balaban J connectivity index is 1.58. The Bertz CT molecular complexity index is 1550. The lowest BCUT2D eigenvalue weighted by atomic mass is 10.2. The van der Waals surface area contributed by atoms with Crippen molar-refractivity contribution in [3.8, 4) is 11.8 Å². The summed E-state index contributed by atoms with van der Waals surface area (Å²) >= 11 is 0. The Morgan fingerprint density at radius 1 is 1.13 bits per heavy atom. The lowest BCUT2D eigenvalue weighted by molar-refractivity contribution is -0.135. The Labute approximate surface area is 264 Å². The first-order valence-electron chi connectivity index (χ1n) is 15.0. The second-order valence-corrected chi connectivity index (χ2v) is 10.5. The Morgan fingerprint density at radius 3 is 2.67 bits per heavy atom. The molecule has 0 radical (unpaired) electrons. The zero-order chi connectivity index (χ0) is 32.8. The van der Waals surface area contributed by atoms with Crippen molar-refractivity contribution in [1.82, 2.24) is 34.9 Å². The van der Waals surface area contributed by atoms with Crippen molar-refractivity contribution in [1.29, 1.82) is 0 Å². The number of hydrogen-bond acceptors (Lipinski definition) is 10. The minimum atomic E-state index is -0.592. The molecule has 1 atom stereocenters. The Hall–Kier alpha value is -4.96. The van der Waals surface area contributed by atoms with E-state index in [0.717, 1.165) is 11.8 Å². The molecule has 240 valence electrons. The summed E-state index contributed by atoms with van der Waals surface area (Å²) in [5.74, 6) is 6.81. The van der Waals surface area contributed by atoms with E-state index in [2.05, 4.69) is 49.8 Å². The van der Waals surface area contributed by atoms with Crippen LogP contribution in [0.1, 0.15) is 45.6 Å². The smallest absolute Gasteiger partial charge is 0.435 e. The first-order valence-corrected chi connectivity index (χ1v) is 15.0. The molecule has 2 aromatic heterocycles. The first kappa shape index (κ1) is 34.5. The molecule has 3 rings (SSSR count). The third-order valence-corrected chi connectivity index (χ3v) is 6.64. The van der Waals surface area contributed by atoms with E-state index in [1.165, 1.54) is 15.7 Å². The van der Waals surface area contributed by atoms with Crippen molar-refractivity contribution in [2.75, 3.05) is 58.0 Å². The summed E-state index contributed by atoms with van der Waals surface area (Å²) in [6.45, 7) is 7.55. The molecule has 2 amide bonds. The number of anilines is 3. The van der Waals surface area contributed by atoms with Crippen LogP contribution >= 0.6 is 0 Å². The van der Waals surface area contributed by atoms with Crippen LogP contribution in [0, 0.1) is 11.8 Å². The minimum Gasteiger partial charge on any atom is -0.448 e. The number of nitrogens with one attached hydrogen (secondary N) is 3. The van der Waals surface area contributed by atoms with Crippen LogP contribution in [0.5, 0.6) is 0 Å². The summed E-state index contributed by atoms with van der Waals surface area (Å²) in [6, 6.07) is 4.90. The number of carbonyl (C=O) groups excluding carboxylic acids is 3. The van der Waals surface area contributed by atoms with Crippen molar-refractivity contribution in [2.24, 2.45) is 0 Å². The summed E-state index contributed by atoms with van der Waals surface area (Å²) in [5, 5.41) is 14.3. The predicted octanol–water partition coefficient (Wildman–Crippen LogP) is 3.61. The number of fused-ring (bicyclic) bond motifs is 1. The Morgan fingerprint density at radius 2 is 1.93 bits per heavy atom.